The summed E-state index contributed by atoms with van der Waals surface area (Å²) in [6.07, 6.45) is -3.84. The number of urea groups is 1. The fraction of sp³-hybridized carbons (Fsp3) is 0.500. The van der Waals surface area contributed by atoms with Crippen LogP contribution in [0, 0.1) is 0 Å². The molecule has 0 bridgehead atoms. The van der Waals surface area contributed by atoms with Gasteiger partial charge in [0.1, 0.15) is 5.75 Å². The molecular formula is C16H19F3N2O3. The first-order chi connectivity index (χ1) is 11.0. The van der Waals surface area contributed by atoms with Crippen LogP contribution >= 0.6 is 0 Å². The molecule has 0 saturated carbocycles. The average molecular weight is 344 g/mol. The predicted molar refractivity (Wildman–Crippen MR) is 81.7 cm³/mol. The number of amides is 3. The largest absolute Gasteiger partial charge is 0.573 e. The van der Waals surface area contributed by atoms with Crippen molar-refractivity contribution in [3.05, 3.63) is 24.3 Å². The normalized spacial score (nSPS) is 15.6. The highest BCUT2D eigenvalue weighted by Gasteiger charge is 2.36. The van der Waals surface area contributed by atoms with Gasteiger partial charge in [-0.2, -0.15) is 0 Å². The van der Waals surface area contributed by atoms with E-state index in [0.29, 0.717) is 25.1 Å². The lowest BCUT2D eigenvalue weighted by Crippen LogP contribution is -2.52. The third-order valence-electron chi connectivity index (χ3n) is 3.49. The topological polar surface area (TPSA) is 49.9 Å². The molecule has 0 unspecified atom stereocenters. The molecule has 132 valence electrons. The SMILES string of the molecule is CC(C)(C)N(C(=O)N1CCCC1=O)c1ccc(OC(F)(F)F)cc1. The molecule has 0 aromatic heterocycles. The Kier molecular flexibility index (Phi) is 4.77. The van der Waals surface area contributed by atoms with Crippen LogP contribution in [0.3, 0.4) is 0 Å². The van der Waals surface area contributed by atoms with Crippen molar-refractivity contribution in [2.75, 3.05) is 11.4 Å². The van der Waals surface area contributed by atoms with Crippen molar-refractivity contribution in [1.82, 2.24) is 4.90 Å². The molecule has 5 nitrogen and oxygen atoms in total. The van der Waals surface area contributed by atoms with E-state index in [9.17, 15) is 22.8 Å². The highest BCUT2D eigenvalue weighted by Crippen LogP contribution is 2.30. The number of ether oxygens (including phenoxy) is 1. The second kappa shape index (κ2) is 6.33. The van der Waals surface area contributed by atoms with Gasteiger partial charge >= 0.3 is 12.4 Å². The van der Waals surface area contributed by atoms with Gasteiger partial charge in [0.25, 0.3) is 0 Å². The Balaban J connectivity index is 2.28. The van der Waals surface area contributed by atoms with Crippen molar-refractivity contribution in [3.63, 3.8) is 0 Å². The quantitative estimate of drug-likeness (QED) is 0.817. The third-order valence-corrected chi connectivity index (χ3v) is 3.49. The van der Waals surface area contributed by atoms with Crippen molar-refractivity contribution in [1.29, 1.82) is 0 Å². The number of likely N-dealkylation sites (tertiary alicyclic amines) is 1. The lowest BCUT2D eigenvalue weighted by molar-refractivity contribution is -0.274. The van der Waals surface area contributed by atoms with Crippen LogP contribution in [-0.2, 0) is 4.79 Å². The Bertz CT molecular complexity index is 621. The van der Waals surface area contributed by atoms with Crippen molar-refractivity contribution >= 4 is 17.6 Å². The van der Waals surface area contributed by atoms with Crippen LogP contribution in [0.15, 0.2) is 24.3 Å². The van der Waals surface area contributed by atoms with E-state index in [2.05, 4.69) is 4.74 Å². The first-order valence-electron chi connectivity index (χ1n) is 7.49. The van der Waals surface area contributed by atoms with Crippen molar-refractivity contribution in [2.45, 2.75) is 45.5 Å². The predicted octanol–water partition coefficient (Wildman–Crippen LogP) is 3.93. The van der Waals surface area contributed by atoms with E-state index >= 15 is 0 Å². The maximum Gasteiger partial charge on any atom is 0.573 e. The summed E-state index contributed by atoms with van der Waals surface area (Å²) in [7, 11) is 0. The third kappa shape index (κ3) is 4.18. The second-order valence-corrected chi connectivity index (χ2v) is 6.48. The number of alkyl halides is 3. The van der Waals surface area contributed by atoms with Gasteiger partial charge in [0.15, 0.2) is 0 Å². The first kappa shape index (κ1) is 18.1. The van der Waals surface area contributed by atoms with E-state index in [4.69, 9.17) is 0 Å². The molecule has 1 heterocycles. The maximum atomic E-state index is 12.7. The minimum Gasteiger partial charge on any atom is -0.406 e. The Hall–Kier alpha value is -2.25. The molecule has 0 N–H and O–H groups in total. The molecule has 8 heteroatoms. The first-order valence-corrected chi connectivity index (χ1v) is 7.49. The molecular weight excluding hydrogens is 325 g/mol. The van der Waals surface area contributed by atoms with Crippen LogP contribution in [0.5, 0.6) is 5.75 Å². The minimum absolute atomic E-state index is 0.244. The number of hydrogen-bond acceptors (Lipinski definition) is 3. The van der Waals surface area contributed by atoms with E-state index in [1.807, 2.05) is 0 Å². The summed E-state index contributed by atoms with van der Waals surface area (Å²) >= 11 is 0. The number of carbonyl (C=O) groups is 2. The Labute approximate surface area is 138 Å². The summed E-state index contributed by atoms with van der Waals surface area (Å²) in [4.78, 5) is 27.1. The van der Waals surface area contributed by atoms with Gasteiger partial charge in [-0.3, -0.25) is 14.6 Å². The Morgan fingerprint density at radius 2 is 1.75 bits per heavy atom. The lowest BCUT2D eigenvalue weighted by Gasteiger charge is -2.37. The summed E-state index contributed by atoms with van der Waals surface area (Å²) in [6.45, 7) is 5.70. The van der Waals surface area contributed by atoms with Crippen LogP contribution in [0.2, 0.25) is 0 Å². The molecule has 1 aliphatic heterocycles. The number of nitrogens with zero attached hydrogens (tertiary/aromatic N) is 2. The molecule has 1 aliphatic rings. The standard InChI is InChI=1S/C16H19F3N2O3/c1-15(2,3)21(14(23)20-10-4-5-13(20)22)11-6-8-12(9-7-11)24-16(17,18)19/h6-9H,4-5,10H2,1-3H3. The van der Waals surface area contributed by atoms with Gasteiger partial charge in [0.05, 0.1) is 0 Å². The van der Waals surface area contributed by atoms with E-state index < -0.39 is 17.9 Å². The average Bonchev–Trinajstić information content (AvgIpc) is 2.84. The van der Waals surface area contributed by atoms with Gasteiger partial charge in [-0.15, -0.1) is 13.2 Å². The number of halogens is 3. The van der Waals surface area contributed by atoms with Crippen molar-refractivity contribution in [3.8, 4) is 5.75 Å². The molecule has 24 heavy (non-hydrogen) atoms. The fourth-order valence-electron chi connectivity index (χ4n) is 2.55. The van der Waals surface area contributed by atoms with E-state index in [-0.39, 0.29) is 11.7 Å². The summed E-state index contributed by atoms with van der Waals surface area (Å²) in [5.74, 6) is -0.615. The summed E-state index contributed by atoms with van der Waals surface area (Å²) < 4.78 is 40.5. The Morgan fingerprint density at radius 3 is 2.17 bits per heavy atom. The van der Waals surface area contributed by atoms with Crippen LogP contribution in [-0.4, -0.2) is 35.3 Å². The zero-order valence-corrected chi connectivity index (χ0v) is 13.7. The van der Waals surface area contributed by atoms with E-state index in [1.54, 1.807) is 20.8 Å². The fourth-order valence-corrected chi connectivity index (χ4v) is 2.55. The molecule has 1 fully saturated rings. The number of anilines is 1. The minimum atomic E-state index is -4.77. The second-order valence-electron chi connectivity index (χ2n) is 6.48. The molecule has 2 rings (SSSR count). The molecule has 0 atom stereocenters. The smallest absolute Gasteiger partial charge is 0.406 e. The van der Waals surface area contributed by atoms with Gasteiger partial charge in [0, 0.05) is 24.2 Å². The van der Waals surface area contributed by atoms with Crippen LogP contribution in [0.25, 0.3) is 0 Å². The molecule has 1 saturated heterocycles. The number of hydrogen-bond donors (Lipinski definition) is 0. The van der Waals surface area contributed by atoms with Gasteiger partial charge in [-0.1, -0.05) is 0 Å². The van der Waals surface area contributed by atoms with Gasteiger partial charge in [0.2, 0.25) is 5.91 Å². The van der Waals surface area contributed by atoms with Crippen molar-refractivity contribution in [2.24, 2.45) is 0 Å². The highest BCUT2D eigenvalue weighted by molar-refractivity contribution is 6.04. The highest BCUT2D eigenvalue weighted by atomic mass is 19.4. The molecule has 0 aliphatic carbocycles. The monoisotopic (exact) mass is 344 g/mol. The molecule has 0 radical (unpaired) electrons. The summed E-state index contributed by atoms with van der Waals surface area (Å²) in [5.41, 5.74) is -0.270. The lowest BCUT2D eigenvalue weighted by atomic mass is 10.1. The summed E-state index contributed by atoms with van der Waals surface area (Å²) in [5, 5.41) is 0. The summed E-state index contributed by atoms with van der Waals surface area (Å²) in [6, 6.07) is 4.53. The van der Waals surface area contributed by atoms with Crippen molar-refractivity contribution < 1.29 is 27.5 Å². The zero-order valence-electron chi connectivity index (χ0n) is 13.7. The number of rotatable bonds is 2. The van der Waals surface area contributed by atoms with Crippen LogP contribution in [0.4, 0.5) is 23.7 Å². The van der Waals surface area contributed by atoms with Gasteiger partial charge in [-0.25, -0.2) is 4.79 Å². The molecule has 0 spiro atoms. The molecule has 1 aromatic rings. The zero-order chi connectivity index (χ0) is 18.1. The van der Waals surface area contributed by atoms with E-state index in [1.165, 1.54) is 21.9 Å². The number of benzene rings is 1. The van der Waals surface area contributed by atoms with Gasteiger partial charge in [-0.05, 0) is 51.5 Å². The number of imide groups is 1. The van der Waals surface area contributed by atoms with E-state index in [0.717, 1.165) is 12.1 Å². The molecule has 1 aromatic carbocycles. The van der Waals surface area contributed by atoms with Crippen LogP contribution < -0.4 is 9.64 Å². The van der Waals surface area contributed by atoms with Gasteiger partial charge < -0.3 is 4.74 Å². The van der Waals surface area contributed by atoms with Crippen LogP contribution in [0.1, 0.15) is 33.6 Å². The maximum absolute atomic E-state index is 12.7. The Morgan fingerprint density at radius 1 is 1.17 bits per heavy atom. The number of carbonyl (C=O) groups excluding carboxylic acids is 2. The molecule has 3 amide bonds.